The van der Waals surface area contributed by atoms with Crippen LogP contribution in [0, 0.1) is 12.8 Å². The predicted octanol–water partition coefficient (Wildman–Crippen LogP) is 4.74. The van der Waals surface area contributed by atoms with Gasteiger partial charge in [-0.15, -0.1) is 0 Å². The van der Waals surface area contributed by atoms with E-state index in [2.05, 4.69) is 10.8 Å². The third kappa shape index (κ3) is 7.41. The number of hydrogen-bond donors (Lipinski definition) is 1. The van der Waals surface area contributed by atoms with Crippen LogP contribution in [0.3, 0.4) is 0 Å². The molecular formula is C31H36N2O6S. The number of benzene rings is 3. The molecule has 40 heavy (non-hydrogen) atoms. The van der Waals surface area contributed by atoms with Crippen molar-refractivity contribution >= 4 is 27.6 Å². The van der Waals surface area contributed by atoms with Crippen molar-refractivity contribution in [2.45, 2.75) is 44.4 Å². The second-order valence-electron chi connectivity index (χ2n) is 10.0. The molecule has 8 nitrogen and oxygen atoms in total. The van der Waals surface area contributed by atoms with E-state index in [1.54, 1.807) is 54.3 Å². The summed E-state index contributed by atoms with van der Waals surface area (Å²) >= 11 is 0. The highest BCUT2D eigenvalue weighted by atomic mass is 32.2. The van der Waals surface area contributed by atoms with Crippen molar-refractivity contribution < 1.29 is 27.5 Å². The van der Waals surface area contributed by atoms with Crippen molar-refractivity contribution in [2.75, 3.05) is 31.5 Å². The molecule has 1 aliphatic rings. The highest BCUT2D eigenvalue weighted by molar-refractivity contribution is 7.92. The van der Waals surface area contributed by atoms with E-state index in [0.717, 1.165) is 16.7 Å². The topological polar surface area (TPSA) is 102 Å². The van der Waals surface area contributed by atoms with Gasteiger partial charge in [-0.05, 0) is 74.1 Å². The van der Waals surface area contributed by atoms with E-state index in [1.807, 2.05) is 25.1 Å². The predicted molar refractivity (Wildman–Crippen MR) is 154 cm³/mol. The molecular weight excluding hydrogens is 528 g/mol. The van der Waals surface area contributed by atoms with Crippen LogP contribution in [0.25, 0.3) is 0 Å². The van der Waals surface area contributed by atoms with Crippen LogP contribution >= 0.6 is 0 Å². The summed E-state index contributed by atoms with van der Waals surface area (Å²) in [5.74, 6) is -0.0968. The van der Waals surface area contributed by atoms with Gasteiger partial charge >= 0.3 is 5.97 Å². The Morgan fingerprint density at radius 3 is 2.27 bits per heavy atom. The number of anilines is 1. The Morgan fingerprint density at radius 2 is 1.62 bits per heavy atom. The summed E-state index contributed by atoms with van der Waals surface area (Å²) in [4.78, 5) is 26.5. The van der Waals surface area contributed by atoms with Crippen LogP contribution < -0.4 is 9.46 Å². The molecule has 0 unspecified atom stereocenters. The zero-order chi connectivity index (χ0) is 28.7. The van der Waals surface area contributed by atoms with Gasteiger partial charge in [0.15, 0.2) is 0 Å². The van der Waals surface area contributed by atoms with Gasteiger partial charge in [-0.25, -0.2) is 8.42 Å². The van der Waals surface area contributed by atoms with Crippen LogP contribution in [-0.2, 0) is 37.2 Å². The van der Waals surface area contributed by atoms with Crippen molar-refractivity contribution in [2.24, 2.45) is 5.92 Å². The lowest BCUT2D eigenvalue weighted by molar-refractivity contribution is -0.151. The normalized spacial score (nSPS) is 14.0. The van der Waals surface area contributed by atoms with E-state index in [-0.39, 0.29) is 34.9 Å². The number of nitrogens with zero attached hydrogens (tertiary/aromatic N) is 1. The number of methoxy groups -OCH3 is 1. The van der Waals surface area contributed by atoms with Gasteiger partial charge in [0.25, 0.3) is 10.0 Å². The van der Waals surface area contributed by atoms with Crippen LogP contribution in [0.1, 0.15) is 42.0 Å². The SMILES string of the molecule is CCOC(=O)C1CCN(C(=O)Cc2ccc(NS(=O)(=O)c3ccc(Cc4cccc(C)c4)cc3OC)cc2)CC1. The summed E-state index contributed by atoms with van der Waals surface area (Å²) in [7, 11) is -2.46. The molecule has 1 aliphatic heterocycles. The number of ether oxygens (including phenoxy) is 2. The fraction of sp³-hybridized carbons (Fsp3) is 0.355. The number of amides is 1. The molecule has 1 N–H and O–H groups in total. The zero-order valence-corrected chi connectivity index (χ0v) is 24.0. The van der Waals surface area contributed by atoms with Gasteiger partial charge in [-0.3, -0.25) is 14.3 Å². The second kappa shape index (κ2) is 13.0. The molecule has 1 amide bonds. The zero-order valence-electron chi connectivity index (χ0n) is 23.2. The average molecular weight is 565 g/mol. The van der Waals surface area contributed by atoms with E-state index >= 15 is 0 Å². The molecule has 0 aliphatic carbocycles. The Hall–Kier alpha value is -3.85. The first-order valence-electron chi connectivity index (χ1n) is 13.5. The summed E-state index contributed by atoms with van der Waals surface area (Å²) in [6, 6.07) is 20.1. The van der Waals surface area contributed by atoms with E-state index < -0.39 is 10.0 Å². The minimum absolute atomic E-state index is 0.0221. The van der Waals surface area contributed by atoms with E-state index in [1.165, 1.54) is 12.7 Å². The van der Waals surface area contributed by atoms with Gasteiger partial charge in [0.2, 0.25) is 5.91 Å². The van der Waals surface area contributed by atoms with Gasteiger partial charge in [0, 0.05) is 18.8 Å². The lowest BCUT2D eigenvalue weighted by atomic mass is 9.96. The third-order valence-electron chi connectivity index (χ3n) is 7.04. The van der Waals surface area contributed by atoms with E-state index in [0.29, 0.717) is 44.6 Å². The maximum absolute atomic E-state index is 13.2. The number of hydrogen-bond acceptors (Lipinski definition) is 6. The quantitative estimate of drug-likeness (QED) is 0.357. The highest BCUT2D eigenvalue weighted by Gasteiger charge is 2.28. The lowest BCUT2D eigenvalue weighted by Gasteiger charge is -2.31. The summed E-state index contributed by atoms with van der Waals surface area (Å²) in [6.45, 7) is 5.22. The first kappa shape index (κ1) is 29.1. The number of likely N-dealkylation sites (tertiary alicyclic amines) is 1. The number of carbonyl (C=O) groups excluding carboxylic acids is 2. The van der Waals surface area contributed by atoms with Crippen molar-refractivity contribution in [3.63, 3.8) is 0 Å². The summed E-state index contributed by atoms with van der Waals surface area (Å²) < 4.78 is 39.5. The molecule has 0 spiro atoms. The monoisotopic (exact) mass is 564 g/mol. The Bertz CT molecular complexity index is 1440. The molecule has 0 radical (unpaired) electrons. The van der Waals surface area contributed by atoms with Crippen LogP contribution in [0.5, 0.6) is 5.75 Å². The third-order valence-corrected chi connectivity index (χ3v) is 8.46. The van der Waals surface area contributed by atoms with Crippen LogP contribution in [0.15, 0.2) is 71.6 Å². The lowest BCUT2D eigenvalue weighted by Crippen LogP contribution is -2.41. The number of aryl methyl sites for hydroxylation is 1. The van der Waals surface area contributed by atoms with Crippen LogP contribution in [-0.4, -0.2) is 52.0 Å². The van der Waals surface area contributed by atoms with Crippen molar-refractivity contribution in [1.29, 1.82) is 0 Å². The molecule has 1 heterocycles. The van der Waals surface area contributed by atoms with Gasteiger partial charge in [0.05, 0.1) is 26.1 Å². The van der Waals surface area contributed by atoms with Crippen LogP contribution in [0.4, 0.5) is 5.69 Å². The molecule has 0 aromatic heterocycles. The second-order valence-corrected chi connectivity index (χ2v) is 11.7. The number of esters is 1. The van der Waals surface area contributed by atoms with Gasteiger partial charge in [0.1, 0.15) is 10.6 Å². The standard InChI is InChI=1S/C31H36N2O6S/c1-4-39-31(35)26-14-16-33(17-15-26)30(34)21-23-8-11-27(12-9-23)32-40(36,37)29-13-10-25(20-28(29)38-3)19-24-7-5-6-22(2)18-24/h5-13,18,20,26,32H,4,14-17,19,21H2,1-3H3. The fourth-order valence-electron chi connectivity index (χ4n) is 4.91. The molecule has 4 rings (SSSR count). The fourth-order valence-corrected chi connectivity index (χ4v) is 6.12. The molecule has 1 saturated heterocycles. The summed E-state index contributed by atoms with van der Waals surface area (Å²) in [5.41, 5.74) is 4.41. The average Bonchev–Trinajstić information content (AvgIpc) is 2.94. The molecule has 1 fully saturated rings. The Balaban J connectivity index is 1.36. The number of nitrogens with one attached hydrogen (secondary N) is 1. The summed E-state index contributed by atoms with van der Waals surface area (Å²) in [5, 5.41) is 0. The van der Waals surface area contributed by atoms with Crippen molar-refractivity contribution in [3.05, 3.63) is 89.0 Å². The molecule has 0 atom stereocenters. The Kier molecular flexibility index (Phi) is 9.47. The van der Waals surface area contributed by atoms with E-state index in [9.17, 15) is 18.0 Å². The van der Waals surface area contributed by atoms with Gasteiger partial charge in [-0.2, -0.15) is 0 Å². The molecule has 212 valence electrons. The Morgan fingerprint density at radius 1 is 0.950 bits per heavy atom. The molecule has 0 bridgehead atoms. The highest BCUT2D eigenvalue weighted by Crippen LogP contribution is 2.28. The molecule has 9 heteroatoms. The van der Waals surface area contributed by atoms with Crippen molar-refractivity contribution in [1.82, 2.24) is 4.90 Å². The smallest absolute Gasteiger partial charge is 0.309 e. The number of rotatable bonds is 10. The molecule has 0 saturated carbocycles. The Labute approximate surface area is 236 Å². The first-order chi connectivity index (χ1) is 19.2. The van der Waals surface area contributed by atoms with Gasteiger partial charge in [-0.1, -0.05) is 48.0 Å². The van der Waals surface area contributed by atoms with E-state index in [4.69, 9.17) is 9.47 Å². The summed E-state index contributed by atoms with van der Waals surface area (Å²) in [6.07, 6.45) is 2.06. The number of carbonyl (C=O) groups is 2. The molecule has 3 aromatic rings. The largest absolute Gasteiger partial charge is 0.495 e. The molecule has 3 aromatic carbocycles. The number of piperidine rings is 1. The maximum Gasteiger partial charge on any atom is 0.309 e. The maximum atomic E-state index is 13.2. The minimum Gasteiger partial charge on any atom is -0.495 e. The first-order valence-corrected chi connectivity index (χ1v) is 15.0. The number of sulfonamides is 1. The van der Waals surface area contributed by atoms with Gasteiger partial charge < -0.3 is 14.4 Å². The van der Waals surface area contributed by atoms with Crippen molar-refractivity contribution in [3.8, 4) is 5.75 Å². The van der Waals surface area contributed by atoms with Crippen LogP contribution in [0.2, 0.25) is 0 Å². The minimum atomic E-state index is -3.91.